The molecular weight excluding hydrogens is 462 g/mol. The normalized spacial score (nSPS) is 15.7. The molecule has 0 spiro atoms. The van der Waals surface area contributed by atoms with Crippen molar-refractivity contribution in [2.24, 2.45) is 0 Å². The molecule has 1 aromatic heterocycles. The molecule has 1 aliphatic rings. The number of aryl methyl sites for hydroxylation is 1. The Morgan fingerprint density at radius 3 is 2.34 bits per heavy atom. The number of hydrogen-bond acceptors (Lipinski definition) is 5. The van der Waals surface area contributed by atoms with Gasteiger partial charge in [-0.1, -0.05) is 49.4 Å². The van der Waals surface area contributed by atoms with E-state index in [9.17, 15) is 18.0 Å². The molecule has 3 aromatic rings. The van der Waals surface area contributed by atoms with E-state index in [0.29, 0.717) is 29.4 Å². The van der Waals surface area contributed by atoms with Gasteiger partial charge in [-0.05, 0) is 49.6 Å². The summed E-state index contributed by atoms with van der Waals surface area (Å²) in [5.74, 6) is -0.442. The van der Waals surface area contributed by atoms with E-state index in [1.165, 1.54) is 16.5 Å². The highest BCUT2D eigenvalue weighted by atomic mass is 32.2. The van der Waals surface area contributed by atoms with Crippen LogP contribution < -0.4 is 10.5 Å². The van der Waals surface area contributed by atoms with Crippen molar-refractivity contribution >= 4 is 32.2 Å². The van der Waals surface area contributed by atoms with Crippen LogP contribution in [0.2, 0.25) is 0 Å². The molecule has 0 saturated carbocycles. The van der Waals surface area contributed by atoms with Crippen LogP contribution in [0, 0.1) is 0 Å². The number of nitrogens with zero attached hydrogens (tertiary/aromatic N) is 3. The van der Waals surface area contributed by atoms with Gasteiger partial charge in [0.05, 0.1) is 16.0 Å². The van der Waals surface area contributed by atoms with Gasteiger partial charge >= 0.3 is 0 Å². The molecule has 1 amide bonds. The monoisotopic (exact) mass is 491 g/mol. The Morgan fingerprint density at radius 2 is 1.77 bits per heavy atom. The van der Waals surface area contributed by atoms with Crippen molar-refractivity contribution in [1.29, 1.82) is 0 Å². The molecule has 0 radical (unpaired) electrons. The van der Waals surface area contributed by atoms with Crippen molar-refractivity contribution in [3.8, 4) is 0 Å². The lowest BCUT2D eigenvalue weighted by Crippen LogP contribution is -2.38. The maximum Gasteiger partial charge on any atom is 0.275 e. The Morgan fingerprint density at radius 1 is 1.09 bits per heavy atom. The molecule has 8 heteroatoms. The summed E-state index contributed by atoms with van der Waals surface area (Å²) >= 11 is 0. The number of fused-ring (bicyclic) bond motifs is 1. The predicted molar refractivity (Wildman–Crippen MR) is 139 cm³/mol. The Bertz CT molecular complexity index is 1490. The van der Waals surface area contributed by atoms with Crippen molar-refractivity contribution in [3.63, 3.8) is 0 Å². The molecule has 1 heterocycles. The van der Waals surface area contributed by atoms with Gasteiger partial charge in [0, 0.05) is 29.8 Å². The minimum absolute atomic E-state index is 0.194. The fourth-order valence-corrected chi connectivity index (χ4v) is 5.07. The molecule has 1 atom stereocenters. The first-order valence-corrected chi connectivity index (χ1v) is 13.6. The molecule has 7 nitrogen and oxygen atoms in total. The van der Waals surface area contributed by atoms with Crippen LogP contribution in [-0.2, 0) is 27.6 Å². The third-order valence-corrected chi connectivity index (χ3v) is 7.46. The maximum absolute atomic E-state index is 13.3. The van der Waals surface area contributed by atoms with Gasteiger partial charge in [0.25, 0.3) is 5.56 Å². The van der Waals surface area contributed by atoms with Gasteiger partial charge in [-0.3, -0.25) is 9.59 Å². The molecule has 35 heavy (non-hydrogen) atoms. The summed E-state index contributed by atoms with van der Waals surface area (Å²) in [4.78, 5) is 28.4. The largest absolute Gasteiger partial charge is 0.311 e. The molecule has 1 unspecified atom stereocenters. The summed E-state index contributed by atoms with van der Waals surface area (Å²) in [7, 11) is -3.30. The minimum atomic E-state index is -3.30. The average Bonchev–Trinajstić information content (AvgIpc) is 2.86. The summed E-state index contributed by atoms with van der Waals surface area (Å²) in [5, 5.41) is 5.80. The van der Waals surface area contributed by atoms with Crippen LogP contribution in [0.3, 0.4) is 0 Å². The van der Waals surface area contributed by atoms with Crippen LogP contribution in [0.15, 0.2) is 76.5 Å². The van der Waals surface area contributed by atoms with Crippen LogP contribution in [0.5, 0.6) is 0 Å². The molecule has 0 N–H and O–H groups in total. The smallest absolute Gasteiger partial charge is 0.275 e. The zero-order valence-corrected chi connectivity index (χ0v) is 21.0. The standard InChI is InChI=1S/C27H29N3O4S/c1-4-19-10-14-21(15-11-19)29(5-2)25(31)18-30-27(32)24-9-7-6-8-23(24)26(28-30)20-12-16-22(17-13-20)35(3,33)34/h6-12,14-17,20H,4-5,13,18H2,1-3H3. The number of carbonyl (C=O) groups excluding carboxylic acids is 1. The number of benzene rings is 2. The summed E-state index contributed by atoms with van der Waals surface area (Å²) in [6.07, 6.45) is 7.59. The van der Waals surface area contributed by atoms with Crippen molar-refractivity contribution in [3.05, 3.63) is 93.3 Å². The number of likely N-dealkylation sites (N-methyl/N-ethyl adjacent to an activating group) is 1. The highest BCUT2D eigenvalue weighted by Crippen LogP contribution is 2.30. The van der Waals surface area contributed by atoms with E-state index in [0.717, 1.165) is 12.1 Å². The van der Waals surface area contributed by atoms with Gasteiger partial charge in [-0.2, -0.15) is 5.10 Å². The summed E-state index contributed by atoms with van der Waals surface area (Å²) in [5.41, 5.74) is 2.27. The van der Waals surface area contributed by atoms with Gasteiger partial charge in [-0.25, -0.2) is 13.1 Å². The highest BCUT2D eigenvalue weighted by molar-refractivity contribution is 7.94. The summed E-state index contributed by atoms with van der Waals surface area (Å²) in [6.45, 7) is 4.24. The van der Waals surface area contributed by atoms with Gasteiger partial charge in [0.1, 0.15) is 6.54 Å². The summed E-state index contributed by atoms with van der Waals surface area (Å²) < 4.78 is 25.0. The molecule has 0 bridgehead atoms. The second kappa shape index (κ2) is 10.00. The van der Waals surface area contributed by atoms with Crippen molar-refractivity contribution in [2.45, 2.75) is 39.2 Å². The van der Waals surface area contributed by atoms with Crippen LogP contribution in [0.25, 0.3) is 10.8 Å². The van der Waals surface area contributed by atoms with E-state index >= 15 is 0 Å². The van der Waals surface area contributed by atoms with Crippen molar-refractivity contribution < 1.29 is 13.2 Å². The van der Waals surface area contributed by atoms with E-state index in [4.69, 9.17) is 0 Å². The number of anilines is 1. The quantitative estimate of drug-likeness (QED) is 0.499. The van der Waals surface area contributed by atoms with E-state index in [1.807, 2.05) is 43.3 Å². The van der Waals surface area contributed by atoms with Crippen molar-refractivity contribution in [2.75, 3.05) is 17.7 Å². The fraction of sp³-hybridized carbons (Fsp3) is 0.296. The van der Waals surface area contributed by atoms with Crippen LogP contribution >= 0.6 is 0 Å². The predicted octanol–water partition coefficient (Wildman–Crippen LogP) is 3.98. The van der Waals surface area contributed by atoms with Crippen LogP contribution in [-0.4, -0.2) is 36.9 Å². The van der Waals surface area contributed by atoms with E-state index in [1.54, 1.807) is 35.3 Å². The molecule has 182 valence electrons. The molecule has 1 aliphatic carbocycles. The number of sulfone groups is 1. The molecule has 0 fully saturated rings. The number of aromatic nitrogens is 2. The van der Waals surface area contributed by atoms with E-state index in [-0.39, 0.29) is 28.8 Å². The second-order valence-corrected chi connectivity index (χ2v) is 10.6. The van der Waals surface area contributed by atoms with Gasteiger partial charge in [0.2, 0.25) is 5.91 Å². The Kier molecular flexibility index (Phi) is 7.03. The van der Waals surface area contributed by atoms with Crippen LogP contribution in [0.1, 0.15) is 37.4 Å². The fourth-order valence-electron chi connectivity index (χ4n) is 4.35. The number of carbonyl (C=O) groups is 1. The highest BCUT2D eigenvalue weighted by Gasteiger charge is 2.23. The van der Waals surface area contributed by atoms with E-state index < -0.39 is 9.84 Å². The number of hydrogen-bond donors (Lipinski definition) is 0. The number of rotatable bonds is 7. The van der Waals surface area contributed by atoms with E-state index in [2.05, 4.69) is 12.0 Å². The molecule has 2 aromatic carbocycles. The lowest BCUT2D eigenvalue weighted by atomic mass is 9.93. The maximum atomic E-state index is 13.3. The minimum Gasteiger partial charge on any atom is -0.311 e. The molecule has 4 rings (SSSR count). The van der Waals surface area contributed by atoms with Crippen LogP contribution in [0.4, 0.5) is 5.69 Å². The zero-order valence-electron chi connectivity index (χ0n) is 20.1. The molecule has 0 saturated heterocycles. The Balaban J connectivity index is 1.70. The van der Waals surface area contributed by atoms with Crippen molar-refractivity contribution in [1.82, 2.24) is 9.78 Å². The van der Waals surface area contributed by atoms with Gasteiger partial charge in [0.15, 0.2) is 9.84 Å². The topological polar surface area (TPSA) is 89.3 Å². The average molecular weight is 492 g/mol. The number of amides is 1. The second-order valence-electron chi connectivity index (χ2n) is 8.63. The number of allylic oxidation sites excluding steroid dienone is 3. The lowest BCUT2D eigenvalue weighted by molar-refractivity contribution is -0.119. The Labute approximate surface area is 205 Å². The van der Waals surface area contributed by atoms with Gasteiger partial charge < -0.3 is 4.90 Å². The van der Waals surface area contributed by atoms with Gasteiger partial charge in [-0.15, -0.1) is 0 Å². The Hall–Kier alpha value is -3.52. The lowest BCUT2D eigenvalue weighted by Gasteiger charge is -2.23. The zero-order chi connectivity index (χ0) is 25.2. The summed E-state index contributed by atoms with van der Waals surface area (Å²) in [6, 6.07) is 15.0. The molecule has 0 aliphatic heterocycles. The SMILES string of the molecule is CCc1ccc(N(CC)C(=O)Cn2nc(C3C=CC(S(C)(=O)=O)=CC3)c3ccccc3c2=O)cc1. The third-order valence-electron chi connectivity index (χ3n) is 6.30. The first kappa shape index (κ1) is 24.6. The first-order valence-electron chi connectivity index (χ1n) is 11.7. The first-order chi connectivity index (χ1) is 16.7. The third kappa shape index (κ3) is 5.12. The molecular formula is C27H29N3O4S.